The van der Waals surface area contributed by atoms with Gasteiger partial charge in [-0.2, -0.15) is 0 Å². The predicted molar refractivity (Wildman–Crippen MR) is 462 cm³/mol. The van der Waals surface area contributed by atoms with E-state index in [1.165, 1.54) is 83.5 Å². The molecule has 0 aromatic heterocycles. The molecule has 0 aliphatic carbocycles. The molecular formula is C95H178N2O16. The largest absolute Gasteiger partial charge is 0.466 e. The first kappa shape index (κ1) is 109. The second-order valence-electron chi connectivity index (χ2n) is 33.8. The molecule has 3 unspecified atom stereocenters. The molecule has 0 heterocycles. The van der Waals surface area contributed by atoms with Crippen LogP contribution < -0.4 is 0 Å². The van der Waals surface area contributed by atoms with Crippen molar-refractivity contribution in [2.75, 3.05) is 79.9 Å². The number of rotatable bonds is 87. The maximum Gasteiger partial charge on any atom is 0.307 e. The van der Waals surface area contributed by atoms with Crippen molar-refractivity contribution in [2.24, 2.45) is 11.3 Å². The van der Waals surface area contributed by atoms with Gasteiger partial charge in [0.25, 0.3) is 0 Å². The van der Waals surface area contributed by atoms with Crippen molar-refractivity contribution < 1.29 is 76.3 Å². The maximum atomic E-state index is 13.2. The highest BCUT2D eigenvalue weighted by Gasteiger charge is 2.29. The minimum atomic E-state index is -0.248. The van der Waals surface area contributed by atoms with E-state index in [1.54, 1.807) is 0 Å². The van der Waals surface area contributed by atoms with Gasteiger partial charge in [-0.25, -0.2) is 0 Å². The number of hydrogen-bond donors (Lipinski definition) is 0. The molecule has 0 spiro atoms. The minimum Gasteiger partial charge on any atom is -0.466 e. The van der Waals surface area contributed by atoms with Gasteiger partial charge in [-0.05, 0) is 160 Å². The molecule has 0 aliphatic rings. The highest BCUT2D eigenvalue weighted by molar-refractivity contribution is 5.72. The van der Waals surface area contributed by atoms with Crippen molar-refractivity contribution in [3.63, 3.8) is 0 Å². The molecular weight excluding hydrogens is 1430 g/mol. The first-order valence-electron chi connectivity index (χ1n) is 47.6. The van der Waals surface area contributed by atoms with Gasteiger partial charge in [0, 0.05) is 64.7 Å². The Labute approximate surface area is 693 Å². The van der Waals surface area contributed by atoms with E-state index in [-0.39, 0.29) is 84.1 Å². The van der Waals surface area contributed by atoms with Crippen LogP contribution in [0, 0.1) is 11.3 Å². The van der Waals surface area contributed by atoms with Gasteiger partial charge < -0.3 is 47.7 Å². The van der Waals surface area contributed by atoms with Crippen LogP contribution in [0.5, 0.6) is 0 Å². The second-order valence-corrected chi connectivity index (χ2v) is 33.8. The quantitative estimate of drug-likeness (QED) is 0.0314. The van der Waals surface area contributed by atoms with E-state index in [0.29, 0.717) is 97.8 Å². The monoisotopic (exact) mass is 1600 g/mol. The minimum absolute atomic E-state index is 0.0210. The van der Waals surface area contributed by atoms with E-state index in [2.05, 4.69) is 58.3 Å². The Balaban J connectivity index is 4.46. The lowest BCUT2D eigenvalue weighted by Crippen LogP contribution is -2.35. The summed E-state index contributed by atoms with van der Waals surface area (Å²) in [7, 11) is 4.00. The first-order chi connectivity index (χ1) is 54.9. The van der Waals surface area contributed by atoms with Crippen LogP contribution in [0.1, 0.15) is 459 Å². The topological polar surface area (TPSA) is 217 Å². The molecule has 0 saturated carbocycles. The van der Waals surface area contributed by atoms with Gasteiger partial charge in [-0.1, -0.05) is 273 Å². The highest BCUT2D eigenvalue weighted by atomic mass is 16.6. The normalized spacial score (nSPS) is 12.6. The number of likely N-dealkylation sites (N-methyl/N-ethyl adjacent to an activating group) is 1. The Morgan fingerprint density at radius 1 is 0.248 bits per heavy atom. The predicted octanol–water partition coefficient (Wildman–Crippen LogP) is 24.6. The van der Waals surface area contributed by atoms with E-state index < -0.39 is 0 Å². The van der Waals surface area contributed by atoms with E-state index >= 15 is 0 Å². The van der Waals surface area contributed by atoms with E-state index in [9.17, 15) is 38.4 Å². The van der Waals surface area contributed by atoms with Crippen LogP contribution in [0.2, 0.25) is 0 Å². The van der Waals surface area contributed by atoms with Crippen molar-refractivity contribution >= 4 is 47.8 Å². The number of hydrogen-bond acceptors (Lipinski definition) is 18. The molecule has 0 rings (SSSR count). The van der Waals surface area contributed by atoms with Gasteiger partial charge in [0.2, 0.25) is 0 Å². The Morgan fingerprint density at radius 3 is 0.841 bits per heavy atom. The Bertz CT molecular complexity index is 2190. The van der Waals surface area contributed by atoms with Gasteiger partial charge in [0.05, 0.1) is 52.5 Å². The number of nitrogens with zero attached hydrogens (tertiary/aromatic N) is 2. The lowest BCUT2D eigenvalue weighted by atomic mass is 9.75. The molecule has 664 valence electrons. The molecule has 18 heteroatoms. The SMILES string of the molecule is CCCCCCCCC(=O)OC(CCCCCC)CCC(C)(CCC)CCC(CCCC)OC(=O)CCCCCCCCOC(=O)CCCCCCCOC(=O)CCN(CCC(=O)OCCCCCCCC(=O)OCC(CCCCCCC(=O)OCCCCCCC)CCCCCCC(=O)OCCCCCCC)CCN(C)C. The number of carbonyl (C=O) groups excluding carboxylic acids is 8. The van der Waals surface area contributed by atoms with Crippen LogP contribution in [0.25, 0.3) is 0 Å². The van der Waals surface area contributed by atoms with Crippen LogP contribution in [0.3, 0.4) is 0 Å². The number of carbonyl (C=O) groups is 8. The summed E-state index contributed by atoms with van der Waals surface area (Å²) >= 11 is 0. The fraction of sp³-hybridized carbons (Fsp3) is 0.916. The zero-order valence-electron chi connectivity index (χ0n) is 75.0. The third-order valence-corrected chi connectivity index (χ3v) is 22.3. The van der Waals surface area contributed by atoms with Gasteiger partial charge in [0.1, 0.15) is 12.2 Å². The third-order valence-electron chi connectivity index (χ3n) is 22.3. The number of ether oxygens (including phenoxy) is 8. The molecule has 0 aromatic carbocycles. The van der Waals surface area contributed by atoms with Crippen LogP contribution in [0.15, 0.2) is 0 Å². The highest BCUT2D eigenvalue weighted by Crippen LogP contribution is 2.37. The summed E-state index contributed by atoms with van der Waals surface area (Å²) in [5, 5.41) is 0. The molecule has 113 heavy (non-hydrogen) atoms. The summed E-state index contributed by atoms with van der Waals surface area (Å²) in [5.74, 6) is -0.806. The molecule has 0 radical (unpaired) electrons. The van der Waals surface area contributed by atoms with Gasteiger partial charge in [0.15, 0.2) is 0 Å². The standard InChI is InChI=1S/C95H178N2O16/c1-10-16-21-25-30-50-65-94(105)113-86(60-45-24-19-13-4)68-73-95(7,71-15-6)72-67-85(59-20-14-5)112-93(104)66-51-31-26-27-40-54-80-108-87(98)61-46-32-28-41-55-81-109-91(102)69-74-97(77-76-96(8)9)75-70-92(103)110-82-56-42-29-33-47-64-90(101)111-83-84(57-43-34-36-48-62-88(99)106-78-52-38-22-17-11-2)58-44-35-37-49-63-89(100)107-79-53-39-23-18-12-3/h84-86H,10-83H2,1-9H3. The zero-order chi connectivity index (χ0) is 83.0. The molecule has 0 amide bonds. The zero-order valence-corrected chi connectivity index (χ0v) is 75.0. The molecule has 0 fully saturated rings. The summed E-state index contributed by atoms with van der Waals surface area (Å²) in [5.41, 5.74) is 0.103. The average Bonchev–Trinajstić information content (AvgIpc) is 0.876. The smallest absolute Gasteiger partial charge is 0.307 e. The van der Waals surface area contributed by atoms with Gasteiger partial charge in [-0.3, -0.25) is 38.4 Å². The van der Waals surface area contributed by atoms with Crippen molar-refractivity contribution in [2.45, 2.75) is 472 Å². The van der Waals surface area contributed by atoms with E-state index in [0.717, 1.165) is 283 Å². The molecule has 18 nitrogen and oxygen atoms in total. The van der Waals surface area contributed by atoms with Crippen molar-refractivity contribution in [1.82, 2.24) is 9.80 Å². The summed E-state index contributed by atoms with van der Waals surface area (Å²) in [6.07, 6.45) is 60.0. The number of esters is 8. The third kappa shape index (κ3) is 76.1. The summed E-state index contributed by atoms with van der Waals surface area (Å²) in [6, 6.07) is 0. The molecule has 0 N–H and O–H groups in total. The molecule has 0 bridgehead atoms. The summed E-state index contributed by atoms with van der Waals surface area (Å²) < 4.78 is 45.8. The van der Waals surface area contributed by atoms with Crippen LogP contribution in [-0.2, 0) is 76.3 Å². The molecule has 0 aliphatic heterocycles. The van der Waals surface area contributed by atoms with Crippen molar-refractivity contribution in [1.29, 1.82) is 0 Å². The Kier molecular flexibility index (Phi) is 78.3. The average molecular weight is 1600 g/mol. The molecule has 0 saturated heterocycles. The Hall–Kier alpha value is -4.32. The lowest BCUT2D eigenvalue weighted by molar-refractivity contribution is -0.151. The lowest BCUT2D eigenvalue weighted by Gasteiger charge is -2.33. The molecule has 0 aromatic rings. The van der Waals surface area contributed by atoms with Gasteiger partial charge in [-0.15, -0.1) is 0 Å². The van der Waals surface area contributed by atoms with Crippen LogP contribution in [0.4, 0.5) is 0 Å². The number of unbranched alkanes of at least 4 members (excludes halogenated alkanes) is 36. The van der Waals surface area contributed by atoms with Crippen molar-refractivity contribution in [3.8, 4) is 0 Å². The van der Waals surface area contributed by atoms with Gasteiger partial charge >= 0.3 is 47.8 Å². The van der Waals surface area contributed by atoms with Crippen LogP contribution in [-0.4, -0.2) is 150 Å². The van der Waals surface area contributed by atoms with Crippen LogP contribution >= 0.6 is 0 Å². The van der Waals surface area contributed by atoms with E-state index in [4.69, 9.17) is 37.9 Å². The second kappa shape index (κ2) is 81.4. The van der Waals surface area contributed by atoms with E-state index in [1.807, 2.05) is 14.1 Å². The fourth-order valence-corrected chi connectivity index (χ4v) is 14.8. The summed E-state index contributed by atoms with van der Waals surface area (Å²) in [6.45, 7) is 20.8. The summed E-state index contributed by atoms with van der Waals surface area (Å²) in [4.78, 5) is 106. The first-order valence-corrected chi connectivity index (χ1v) is 47.6. The Morgan fingerprint density at radius 2 is 0.513 bits per heavy atom. The molecule has 3 atom stereocenters. The van der Waals surface area contributed by atoms with Crippen molar-refractivity contribution in [3.05, 3.63) is 0 Å². The fourth-order valence-electron chi connectivity index (χ4n) is 14.8. The maximum absolute atomic E-state index is 13.2.